The fraction of sp³-hybridized carbons (Fsp3) is 0.161. The summed E-state index contributed by atoms with van der Waals surface area (Å²) in [5, 5.41) is 20.6. The number of amides is 1. The minimum absolute atomic E-state index is 0.0705. The number of non-ortho nitro benzene ring substituents is 1. The van der Waals surface area contributed by atoms with Gasteiger partial charge in [-0.3, -0.25) is 14.9 Å². The summed E-state index contributed by atoms with van der Waals surface area (Å²) in [7, 11) is 0. The van der Waals surface area contributed by atoms with E-state index in [1.807, 2.05) is 62.4 Å². The summed E-state index contributed by atoms with van der Waals surface area (Å²) in [6.07, 6.45) is 5.43. The third kappa shape index (κ3) is 5.03. The highest BCUT2D eigenvalue weighted by Crippen LogP contribution is 2.38. The second-order valence-electron chi connectivity index (χ2n) is 10.0. The number of hydrogen-bond donors (Lipinski definition) is 0. The predicted molar refractivity (Wildman–Crippen MR) is 155 cm³/mol. The summed E-state index contributed by atoms with van der Waals surface area (Å²) in [6.45, 7) is 3.84. The number of benzene rings is 3. The summed E-state index contributed by atoms with van der Waals surface area (Å²) < 4.78 is 12.8. The zero-order chi connectivity index (χ0) is 29.4. The topological polar surface area (TPSA) is 134 Å². The van der Waals surface area contributed by atoms with E-state index in [0.29, 0.717) is 22.7 Å². The predicted octanol–water partition coefficient (Wildman–Crippen LogP) is 5.16. The highest BCUT2D eigenvalue weighted by atomic mass is 16.6. The number of nitro benzene ring substituents is 1. The van der Waals surface area contributed by atoms with Crippen molar-refractivity contribution < 1.29 is 18.9 Å². The van der Waals surface area contributed by atoms with Gasteiger partial charge in [0.2, 0.25) is 0 Å². The third-order valence-electron chi connectivity index (χ3n) is 7.16. The van der Waals surface area contributed by atoms with Crippen molar-refractivity contribution in [2.75, 3.05) is 4.90 Å². The van der Waals surface area contributed by atoms with Crippen LogP contribution in [0.2, 0.25) is 0 Å². The standard InChI is InChI=1S/C31H25N5O6/c1-19-13-25(16-27-29(19)20(2)14-28(37)42-27)41-18-22-17-34(33-32-22)30-26(12-11-21-7-4-3-5-8-21)35(31(30)38)23-9-6-10-24(15-23)36(39)40/h3-17,26,30H,18H2,1-2H3/b12-11-. The molecule has 1 aliphatic rings. The monoisotopic (exact) mass is 563 g/mol. The van der Waals surface area contributed by atoms with Gasteiger partial charge >= 0.3 is 5.63 Å². The number of anilines is 1. The molecule has 2 atom stereocenters. The Labute approximate surface area is 239 Å². The summed E-state index contributed by atoms with van der Waals surface area (Å²) in [4.78, 5) is 37.7. The first-order valence-electron chi connectivity index (χ1n) is 13.2. The van der Waals surface area contributed by atoms with Gasteiger partial charge in [0.25, 0.3) is 11.6 Å². The molecule has 11 heteroatoms. The van der Waals surface area contributed by atoms with Gasteiger partial charge in [-0.2, -0.15) is 0 Å². The number of nitrogens with zero attached hydrogens (tertiary/aromatic N) is 5. The number of aryl methyl sites for hydroxylation is 2. The van der Waals surface area contributed by atoms with E-state index in [-0.39, 0.29) is 18.2 Å². The molecule has 0 bridgehead atoms. The normalized spacial score (nSPS) is 16.6. The van der Waals surface area contributed by atoms with Crippen LogP contribution in [0.3, 0.4) is 0 Å². The number of nitro groups is 1. The molecule has 11 nitrogen and oxygen atoms in total. The van der Waals surface area contributed by atoms with Crippen molar-refractivity contribution in [3.05, 3.63) is 128 Å². The first kappa shape index (κ1) is 26.6. The van der Waals surface area contributed by atoms with Gasteiger partial charge in [-0.15, -0.1) is 5.10 Å². The molecule has 42 heavy (non-hydrogen) atoms. The highest BCUT2D eigenvalue weighted by Gasteiger charge is 2.49. The molecule has 0 N–H and O–H groups in total. The molecule has 1 fully saturated rings. The average molecular weight is 564 g/mol. The summed E-state index contributed by atoms with van der Waals surface area (Å²) in [5.74, 6) is 0.231. The van der Waals surface area contributed by atoms with E-state index in [9.17, 15) is 19.7 Å². The quantitative estimate of drug-likeness (QED) is 0.109. The number of ether oxygens (including phenoxy) is 1. The molecular weight excluding hydrogens is 538 g/mol. The van der Waals surface area contributed by atoms with Gasteiger partial charge < -0.3 is 14.1 Å². The van der Waals surface area contributed by atoms with Crippen LogP contribution in [0.15, 0.2) is 94.3 Å². The Hall–Kier alpha value is -5.58. The smallest absolute Gasteiger partial charge is 0.336 e. The lowest BCUT2D eigenvalue weighted by Gasteiger charge is -2.45. The molecule has 3 aromatic carbocycles. The van der Waals surface area contributed by atoms with E-state index in [1.54, 1.807) is 24.4 Å². The minimum Gasteiger partial charge on any atom is -0.487 e. The molecule has 1 saturated heterocycles. The minimum atomic E-state index is -0.703. The Kier molecular flexibility index (Phi) is 6.83. The van der Waals surface area contributed by atoms with Gasteiger partial charge in [0.15, 0.2) is 6.04 Å². The summed E-state index contributed by atoms with van der Waals surface area (Å²) >= 11 is 0. The lowest BCUT2D eigenvalue weighted by Crippen LogP contribution is -2.61. The van der Waals surface area contributed by atoms with Crippen LogP contribution in [0, 0.1) is 24.0 Å². The van der Waals surface area contributed by atoms with Gasteiger partial charge in [0.05, 0.1) is 22.8 Å². The van der Waals surface area contributed by atoms with Gasteiger partial charge in [-0.25, -0.2) is 9.48 Å². The number of carbonyl (C=O) groups is 1. The van der Waals surface area contributed by atoms with Crippen LogP contribution in [0.4, 0.5) is 11.4 Å². The molecular formula is C31H25N5O6. The van der Waals surface area contributed by atoms with Crippen molar-refractivity contribution in [2.24, 2.45) is 0 Å². The number of fused-ring (bicyclic) bond motifs is 1. The molecule has 210 valence electrons. The Balaban J connectivity index is 1.25. The first-order valence-corrected chi connectivity index (χ1v) is 13.2. The van der Waals surface area contributed by atoms with E-state index in [0.717, 1.165) is 22.1 Å². The summed E-state index contributed by atoms with van der Waals surface area (Å²) in [5.41, 5.74) is 3.49. The average Bonchev–Trinajstić information content (AvgIpc) is 3.42. The van der Waals surface area contributed by atoms with E-state index >= 15 is 0 Å². The summed E-state index contributed by atoms with van der Waals surface area (Å²) in [6, 6.07) is 19.4. The van der Waals surface area contributed by atoms with Crippen LogP contribution in [0.5, 0.6) is 5.75 Å². The molecule has 0 saturated carbocycles. The van der Waals surface area contributed by atoms with Crippen LogP contribution < -0.4 is 15.3 Å². The van der Waals surface area contributed by atoms with Crippen LogP contribution in [0.1, 0.15) is 28.4 Å². The van der Waals surface area contributed by atoms with E-state index in [1.165, 1.54) is 27.8 Å². The van der Waals surface area contributed by atoms with Gasteiger partial charge in [-0.05, 0) is 42.7 Å². The van der Waals surface area contributed by atoms with Crippen LogP contribution in [-0.2, 0) is 11.4 Å². The van der Waals surface area contributed by atoms with Crippen molar-refractivity contribution in [1.82, 2.24) is 15.0 Å². The van der Waals surface area contributed by atoms with Crippen LogP contribution >= 0.6 is 0 Å². The number of hydrogen-bond acceptors (Lipinski definition) is 8. The molecule has 5 aromatic rings. The molecule has 1 amide bonds. The third-order valence-corrected chi connectivity index (χ3v) is 7.16. The molecule has 2 aromatic heterocycles. The molecule has 0 radical (unpaired) electrons. The first-order chi connectivity index (χ1) is 20.3. The van der Waals surface area contributed by atoms with Crippen molar-refractivity contribution in [1.29, 1.82) is 0 Å². The molecule has 1 aliphatic heterocycles. The molecule has 3 heterocycles. The molecule has 0 aliphatic carbocycles. The largest absolute Gasteiger partial charge is 0.487 e. The van der Waals surface area contributed by atoms with E-state index < -0.39 is 22.6 Å². The maximum atomic E-state index is 13.4. The van der Waals surface area contributed by atoms with Crippen molar-refractivity contribution >= 4 is 34.3 Å². The molecule has 6 rings (SSSR count). The number of β-lactam (4-membered cyclic amide) rings is 1. The molecule has 0 spiro atoms. The fourth-order valence-corrected chi connectivity index (χ4v) is 5.24. The number of carbonyl (C=O) groups excluding carboxylic acids is 1. The van der Waals surface area contributed by atoms with E-state index in [4.69, 9.17) is 9.15 Å². The Morgan fingerprint density at radius 2 is 1.81 bits per heavy atom. The van der Waals surface area contributed by atoms with Crippen molar-refractivity contribution in [3.63, 3.8) is 0 Å². The number of aromatic nitrogens is 3. The fourth-order valence-electron chi connectivity index (χ4n) is 5.24. The highest BCUT2D eigenvalue weighted by molar-refractivity contribution is 6.05. The second kappa shape index (κ2) is 10.8. The lowest BCUT2D eigenvalue weighted by molar-refractivity contribution is -0.384. The zero-order valence-corrected chi connectivity index (χ0v) is 22.7. The van der Waals surface area contributed by atoms with Crippen LogP contribution in [-0.4, -0.2) is 31.9 Å². The second-order valence-corrected chi connectivity index (χ2v) is 10.0. The Bertz CT molecular complexity index is 1910. The Morgan fingerprint density at radius 1 is 1.02 bits per heavy atom. The van der Waals surface area contributed by atoms with Crippen molar-refractivity contribution in [2.45, 2.75) is 32.5 Å². The molecule has 2 unspecified atom stereocenters. The lowest BCUT2D eigenvalue weighted by atomic mass is 9.92. The van der Waals surface area contributed by atoms with E-state index in [2.05, 4.69) is 10.3 Å². The maximum Gasteiger partial charge on any atom is 0.336 e. The zero-order valence-electron chi connectivity index (χ0n) is 22.7. The Morgan fingerprint density at radius 3 is 2.60 bits per heavy atom. The van der Waals surface area contributed by atoms with Crippen molar-refractivity contribution in [3.8, 4) is 5.75 Å². The van der Waals surface area contributed by atoms with Gasteiger partial charge in [-0.1, -0.05) is 53.8 Å². The SMILES string of the molecule is Cc1cc(OCc2cn(C3C(=O)N(c4cccc([N+](=O)[O-])c4)C3/C=C\c3ccccc3)nn2)cc2oc(=O)cc(C)c12. The van der Waals surface area contributed by atoms with Crippen LogP contribution in [0.25, 0.3) is 17.0 Å². The number of rotatable bonds is 8. The van der Waals surface area contributed by atoms with Gasteiger partial charge in [0.1, 0.15) is 23.6 Å². The van der Waals surface area contributed by atoms with Gasteiger partial charge in [0, 0.05) is 29.7 Å². The maximum absolute atomic E-state index is 13.4.